The van der Waals surface area contributed by atoms with E-state index in [-0.39, 0.29) is 34.5 Å². The van der Waals surface area contributed by atoms with E-state index in [4.69, 9.17) is 11.6 Å². The lowest BCUT2D eigenvalue weighted by molar-refractivity contribution is -0.120. The van der Waals surface area contributed by atoms with E-state index in [0.717, 1.165) is 11.1 Å². The number of aromatic nitrogens is 2. The van der Waals surface area contributed by atoms with Crippen molar-refractivity contribution in [3.63, 3.8) is 0 Å². The number of aryl methyl sites for hydroxylation is 1. The van der Waals surface area contributed by atoms with Crippen LogP contribution in [-0.4, -0.2) is 41.0 Å². The van der Waals surface area contributed by atoms with E-state index in [0.29, 0.717) is 72.5 Å². The van der Waals surface area contributed by atoms with Crippen LogP contribution < -0.4 is 16.0 Å². The number of H-pyrrole nitrogens is 1. The van der Waals surface area contributed by atoms with Gasteiger partial charge < -0.3 is 20.4 Å². The molecule has 0 saturated carbocycles. The average molecular weight is 650 g/mol. The summed E-state index contributed by atoms with van der Waals surface area (Å²) in [6.07, 6.45) is 4.34. The molecular formula is C33H37ClFN7O4. The van der Waals surface area contributed by atoms with E-state index < -0.39 is 18.0 Å². The summed E-state index contributed by atoms with van der Waals surface area (Å²) in [6, 6.07) is 7.64. The number of methoxy groups -OCH3 is 1. The molecule has 1 aromatic heterocycles. The number of hydrogen-bond donors (Lipinski definition) is 4. The summed E-state index contributed by atoms with van der Waals surface area (Å²) in [7, 11) is 1.27. The molecule has 0 saturated heterocycles. The zero-order valence-corrected chi connectivity index (χ0v) is 26.9. The zero-order chi connectivity index (χ0) is 33.0. The van der Waals surface area contributed by atoms with Gasteiger partial charge in [-0.15, -0.1) is 5.11 Å². The van der Waals surface area contributed by atoms with E-state index in [1.807, 2.05) is 20.8 Å². The number of hydrogen-bond acceptors (Lipinski definition) is 7. The Morgan fingerprint density at radius 1 is 1.15 bits per heavy atom. The number of carbonyl (C=O) groups excluding carboxylic acids is 3. The average Bonchev–Trinajstić information content (AvgIpc) is 3.44. The first-order valence-electron chi connectivity index (χ1n) is 15.2. The molecule has 46 heavy (non-hydrogen) atoms. The van der Waals surface area contributed by atoms with Gasteiger partial charge in [0.15, 0.2) is 0 Å². The molecule has 0 spiro atoms. The number of aromatic amines is 1. The molecule has 5 rings (SSSR count). The summed E-state index contributed by atoms with van der Waals surface area (Å²) >= 11 is 6.02. The summed E-state index contributed by atoms with van der Waals surface area (Å²) < 4.78 is 19.5. The maximum absolute atomic E-state index is 14.8. The minimum absolute atomic E-state index is 0.0679. The second kappa shape index (κ2) is 14.2. The molecule has 0 fully saturated rings. The maximum atomic E-state index is 14.8. The Hall–Kier alpha value is -4.58. The fourth-order valence-corrected chi connectivity index (χ4v) is 5.82. The number of nitrogens with zero attached hydrogens (tertiary/aromatic N) is 3. The van der Waals surface area contributed by atoms with Crippen molar-refractivity contribution >= 4 is 40.9 Å². The monoisotopic (exact) mass is 649 g/mol. The minimum atomic E-state index is -0.633. The largest absolute Gasteiger partial charge is 0.453 e. The molecule has 11 nitrogen and oxygen atoms in total. The molecule has 1 unspecified atom stereocenters. The van der Waals surface area contributed by atoms with E-state index in [2.05, 4.69) is 40.9 Å². The standard InChI is InChI=1S/C33H37ClFN7O4/c1-17-9-13-24(34)28(35)23(17)14-21-10-8-18(2)29(42-41-21)32(44)39-25-7-5-6-19(3)31(43)40-26-15-20(37-33(45)46-4)11-12-22(26)30-36-16-27(25)38-30/h9,11-13,15-16,19,21,25H,5-8,10,14H2,1-4H3,(H,36,38)(H,37,45)(H,39,44)(H,40,43)/t19-,21?,25+/m1/s1. The number of carbonyl (C=O) groups is 3. The van der Waals surface area contributed by atoms with E-state index in [9.17, 15) is 18.8 Å². The summed E-state index contributed by atoms with van der Waals surface area (Å²) in [6.45, 7) is 5.54. The van der Waals surface area contributed by atoms with Crippen molar-refractivity contribution in [2.75, 3.05) is 17.7 Å². The van der Waals surface area contributed by atoms with Crippen LogP contribution in [0.2, 0.25) is 5.02 Å². The second-order valence-corrected chi connectivity index (χ2v) is 12.2. The topological polar surface area (TPSA) is 150 Å². The lowest BCUT2D eigenvalue weighted by Gasteiger charge is -2.20. The second-order valence-electron chi connectivity index (χ2n) is 11.8. The quantitative estimate of drug-likeness (QED) is 0.227. The number of halogens is 2. The molecule has 3 aromatic rings. The van der Waals surface area contributed by atoms with Gasteiger partial charge in [0.1, 0.15) is 17.3 Å². The van der Waals surface area contributed by atoms with Crippen molar-refractivity contribution < 1.29 is 23.5 Å². The van der Waals surface area contributed by atoms with Gasteiger partial charge in [-0.25, -0.2) is 14.2 Å². The van der Waals surface area contributed by atoms with Gasteiger partial charge in [0.05, 0.1) is 41.8 Å². The number of imidazole rings is 1. The fraction of sp³-hybridized carbons (Fsp3) is 0.394. The Labute approximate surface area is 271 Å². The van der Waals surface area contributed by atoms with Crippen molar-refractivity contribution in [3.8, 4) is 11.4 Å². The third kappa shape index (κ3) is 7.44. The van der Waals surface area contributed by atoms with Crippen LogP contribution in [0, 0.1) is 18.7 Å². The molecule has 2 aromatic carbocycles. The van der Waals surface area contributed by atoms with Crippen molar-refractivity contribution in [1.82, 2.24) is 15.3 Å². The number of fused-ring (bicyclic) bond motifs is 4. The molecule has 13 heteroatoms. The Kier molecular flexibility index (Phi) is 10.2. The molecule has 242 valence electrons. The number of anilines is 2. The van der Waals surface area contributed by atoms with Crippen LogP contribution in [0.5, 0.6) is 0 Å². The van der Waals surface area contributed by atoms with Gasteiger partial charge in [-0.2, -0.15) is 5.11 Å². The Bertz CT molecular complexity index is 1720. The number of benzene rings is 2. The highest BCUT2D eigenvalue weighted by Crippen LogP contribution is 2.33. The number of amides is 3. The summed E-state index contributed by atoms with van der Waals surface area (Å²) in [5.74, 6) is -0.819. The van der Waals surface area contributed by atoms with Gasteiger partial charge in [-0.05, 0) is 86.9 Å². The van der Waals surface area contributed by atoms with Crippen LogP contribution in [-0.2, 0) is 20.7 Å². The van der Waals surface area contributed by atoms with Gasteiger partial charge in [0.2, 0.25) is 5.91 Å². The van der Waals surface area contributed by atoms with Crippen molar-refractivity contribution in [1.29, 1.82) is 0 Å². The van der Waals surface area contributed by atoms with Gasteiger partial charge in [-0.1, -0.05) is 31.0 Å². The molecule has 0 aliphatic carbocycles. The number of allylic oxidation sites excluding steroid dienone is 1. The Morgan fingerprint density at radius 2 is 1.96 bits per heavy atom. The third-order valence-electron chi connectivity index (χ3n) is 8.48. The summed E-state index contributed by atoms with van der Waals surface area (Å²) in [5.41, 5.74) is 4.54. The molecule has 2 aliphatic rings. The van der Waals surface area contributed by atoms with Crippen molar-refractivity contribution in [2.24, 2.45) is 16.1 Å². The number of rotatable bonds is 5. The predicted octanol–water partition coefficient (Wildman–Crippen LogP) is 7.40. The van der Waals surface area contributed by atoms with Gasteiger partial charge in [0, 0.05) is 17.2 Å². The zero-order valence-electron chi connectivity index (χ0n) is 26.2. The van der Waals surface area contributed by atoms with Crippen LogP contribution in [0.1, 0.15) is 68.8 Å². The maximum Gasteiger partial charge on any atom is 0.411 e. The highest BCUT2D eigenvalue weighted by molar-refractivity contribution is 6.30. The van der Waals surface area contributed by atoms with E-state index in [1.165, 1.54) is 7.11 Å². The van der Waals surface area contributed by atoms with E-state index >= 15 is 0 Å². The molecule has 0 radical (unpaired) electrons. The summed E-state index contributed by atoms with van der Waals surface area (Å²) in [4.78, 5) is 46.4. The lowest BCUT2D eigenvalue weighted by Crippen LogP contribution is -2.30. The number of nitrogens with one attached hydrogen (secondary N) is 4. The van der Waals surface area contributed by atoms with E-state index in [1.54, 1.807) is 36.5 Å². The highest BCUT2D eigenvalue weighted by Gasteiger charge is 2.26. The first kappa shape index (κ1) is 32.8. The molecule has 2 bridgehead atoms. The number of azo groups is 1. The van der Waals surface area contributed by atoms with Crippen LogP contribution in [0.15, 0.2) is 58.0 Å². The van der Waals surface area contributed by atoms with Crippen LogP contribution >= 0.6 is 11.6 Å². The molecular weight excluding hydrogens is 613 g/mol. The molecule has 3 amide bonds. The highest BCUT2D eigenvalue weighted by atomic mass is 35.5. The fourth-order valence-electron chi connectivity index (χ4n) is 5.64. The van der Waals surface area contributed by atoms with Crippen LogP contribution in [0.25, 0.3) is 11.4 Å². The smallest absolute Gasteiger partial charge is 0.411 e. The van der Waals surface area contributed by atoms with Crippen LogP contribution in [0.3, 0.4) is 0 Å². The number of ether oxygens (including phenoxy) is 1. The van der Waals surface area contributed by atoms with Crippen molar-refractivity contribution in [2.45, 2.75) is 71.4 Å². The lowest BCUT2D eigenvalue weighted by atomic mass is 9.96. The normalized spacial score (nSPS) is 20.0. The first-order valence-corrected chi connectivity index (χ1v) is 15.6. The Balaban J connectivity index is 1.38. The molecule has 3 atom stereocenters. The molecule has 3 heterocycles. The molecule has 2 aliphatic heterocycles. The summed E-state index contributed by atoms with van der Waals surface area (Å²) in [5, 5.41) is 17.6. The Morgan fingerprint density at radius 3 is 2.74 bits per heavy atom. The third-order valence-corrected chi connectivity index (χ3v) is 8.77. The molecule has 4 N–H and O–H groups in total. The van der Waals surface area contributed by atoms with Gasteiger partial charge in [0.25, 0.3) is 5.91 Å². The van der Waals surface area contributed by atoms with Gasteiger partial charge >= 0.3 is 6.09 Å². The van der Waals surface area contributed by atoms with Gasteiger partial charge in [-0.3, -0.25) is 14.9 Å². The first-order chi connectivity index (χ1) is 22.0. The predicted molar refractivity (Wildman–Crippen MR) is 173 cm³/mol. The SMILES string of the molecule is COC(=O)Nc1ccc2c(c1)NC(=O)[C@H](C)CCC[C@H](NC(=O)C1=C(C)CCC(Cc3c(C)ccc(Cl)c3F)N=N1)c1cnc-2[nH]1. The van der Waals surface area contributed by atoms with Crippen LogP contribution in [0.4, 0.5) is 20.6 Å². The van der Waals surface area contributed by atoms with Crippen molar-refractivity contribution in [3.05, 3.63) is 75.5 Å². The minimum Gasteiger partial charge on any atom is -0.453 e.